The van der Waals surface area contributed by atoms with Crippen molar-refractivity contribution < 1.29 is 0 Å². The molecule has 0 saturated heterocycles. The van der Waals surface area contributed by atoms with Gasteiger partial charge in [-0.05, 0) is 56.8 Å². The zero-order chi connectivity index (χ0) is 10.3. The van der Waals surface area contributed by atoms with Crippen LogP contribution in [0.4, 0.5) is 0 Å². The molecule has 0 spiro atoms. The quantitative estimate of drug-likeness (QED) is 0.748. The van der Waals surface area contributed by atoms with Gasteiger partial charge >= 0.3 is 0 Å². The SMILES string of the molecule is NC1CCC(CN(CC2CC2)C2CC2)C1. The summed E-state index contributed by atoms with van der Waals surface area (Å²) in [6.45, 7) is 2.76. The molecule has 3 aliphatic rings. The first-order chi connectivity index (χ1) is 7.31. The predicted molar refractivity (Wildman–Crippen MR) is 62.6 cm³/mol. The largest absolute Gasteiger partial charge is 0.328 e. The zero-order valence-corrected chi connectivity index (χ0v) is 9.70. The number of nitrogens with two attached hydrogens (primary N) is 1. The molecule has 2 nitrogen and oxygen atoms in total. The number of nitrogens with zero attached hydrogens (tertiary/aromatic N) is 1. The van der Waals surface area contributed by atoms with Gasteiger partial charge in [0.25, 0.3) is 0 Å². The Bertz CT molecular complexity index is 221. The lowest BCUT2D eigenvalue weighted by Crippen LogP contribution is -2.33. The summed E-state index contributed by atoms with van der Waals surface area (Å²) in [6, 6.07) is 1.47. The van der Waals surface area contributed by atoms with Gasteiger partial charge < -0.3 is 5.73 Å². The molecule has 2 unspecified atom stereocenters. The van der Waals surface area contributed by atoms with Crippen LogP contribution in [-0.4, -0.2) is 30.1 Å². The molecule has 0 aromatic heterocycles. The summed E-state index contributed by atoms with van der Waals surface area (Å²) in [5, 5.41) is 0. The lowest BCUT2D eigenvalue weighted by atomic mass is 10.1. The summed E-state index contributed by atoms with van der Waals surface area (Å²) in [7, 11) is 0. The summed E-state index contributed by atoms with van der Waals surface area (Å²) in [6.07, 6.45) is 9.85. The van der Waals surface area contributed by atoms with E-state index >= 15 is 0 Å². The minimum Gasteiger partial charge on any atom is -0.328 e. The monoisotopic (exact) mass is 208 g/mol. The summed E-state index contributed by atoms with van der Waals surface area (Å²) in [5.41, 5.74) is 5.99. The van der Waals surface area contributed by atoms with Crippen molar-refractivity contribution in [3.63, 3.8) is 0 Å². The number of rotatable bonds is 5. The maximum Gasteiger partial charge on any atom is 0.00966 e. The van der Waals surface area contributed by atoms with Crippen LogP contribution in [0.1, 0.15) is 44.9 Å². The highest BCUT2D eigenvalue weighted by Crippen LogP contribution is 2.36. The van der Waals surface area contributed by atoms with Gasteiger partial charge in [0.15, 0.2) is 0 Å². The van der Waals surface area contributed by atoms with E-state index in [1.54, 1.807) is 0 Å². The molecule has 0 aromatic rings. The smallest absolute Gasteiger partial charge is 0.00966 e. The molecule has 3 aliphatic carbocycles. The molecular formula is C13H24N2. The Balaban J connectivity index is 1.49. The molecule has 2 atom stereocenters. The maximum atomic E-state index is 5.99. The highest BCUT2D eigenvalue weighted by atomic mass is 15.2. The Hall–Kier alpha value is -0.0800. The Morgan fingerprint density at radius 3 is 2.07 bits per heavy atom. The van der Waals surface area contributed by atoms with Gasteiger partial charge in [0.05, 0.1) is 0 Å². The molecule has 86 valence electrons. The molecule has 0 heterocycles. The van der Waals surface area contributed by atoms with E-state index in [9.17, 15) is 0 Å². The molecule has 2 N–H and O–H groups in total. The molecule has 3 saturated carbocycles. The molecular weight excluding hydrogens is 184 g/mol. The van der Waals surface area contributed by atoms with Crippen molar-refractivity contribution in [3.05, 3.63) is 0 Å². The summed E-state index contributed by atoms with van der Waals surface area (Å²) in [4.78, 5) is 2.79. The van der Waals surface area contributed by atoms with Crippen LogP contribution in [0, 0.1) is 11.8 Å². The third-order valence-corrected chi connectivity index (χ3v) is 4.33. The van der Waals surface area contributed by atoms with E-state index < -0.39 is 0 Å². The lowest BCUT2D eigenvalue weighted by molar-refractivity contribution is 0.213. The van der Waals surface area contributed by atoms with Crippen LogP contribution in [-0.2, 0) is 0 Å². The maximum absolute atomic E-state index is 5.99. The van der Waals surface area contributed by atoms with E-state index in [4.69, 9.17) is 5.73 Å². The van der Waals surface area contributed by atoms with Crippen LogP contribution < -0.4 is 5.73 Å². The second-order valence-electron chi connectivity index (χ2n) is 6.07. The van der Waals surface area contributed by atoms with E-state index in [2.05, 4.69) is 4.90 Å². The van der Waals surface area contributed by atoms with Gasteiger partial charge in [0.1, 0.15) is 0 Å². The normalized spacial score (nSPS) is 36.4. The Morgan fingerprint density at radius 1 is 0.867 bits per heavy atom. The average Bonchev–Trinajstić information content (AvgIpc) is 3.08. The van der Waals surface area contributed by atoms with E-state index in [1.165, 1.54) is 58.0 Å². The Labute approximate surface area is 93.2 Å². The van der Waals surface area contributed by atoms with Gasteiger partial charge in [-0.1, -0.05) is 0 Å². The van der Waals surface area contributed by atoms with Gasteiger partial charge in [0, 0.05) is 25.2 Å². The number of hydrogen-bond acceptors (Lipinski definition) is 2. The van der Waals surface area contributed by atoms with Crippen molar-refractivity contribution in [1.82, 2.24) is 4.90 Å². The molecule has 0 aromatic carbocycles. The molecule has 3 fully saturated rings. The second-order valence-corrected chi connectivity index (χ2v) is 6.07. The number of hydrogen-bond donors (Lipinski definition) is 1. The molecule has 0 radical (unpaired) electrons. The minimum absolute atomic E-state index is 0.511. The predicted octanol–water partition coefficient (Wildman–Crippen LogP) is 1.99. The molecule has 3 rings (SSSR count). The van der Waals surface area contributed by atoms with Crippen molar-refractivity contribution in [3.8, 4) is 0 Å². The zero-order valence-electron chi connectivity index (χ0n) is 9.70. The van der Waals surface area contributed by atoms with Gasteiger partial charge in [-0.3, -0.25) is 4.90 Å². The van der Waals surface area contributed by atoms with Gasteiger partial charge in [-0.25, -0.2) is 0 Å². The summed E-state index contributed by atoms with van der Waals surface area (Å²) < 4.78 is 0. The van der Waals surface area contributed by atoms with Crippen LogP contribution in [0.25, 0.3) is 0 Å². The fourth-order valence-corrected chi connectivity index (χ4v) is 3.06. The third kappa shape index (κ3) is 2.73. The standard InChI is InChI=1S/C13H24N2/c14-12-4-3-11(7-12)9-15(13-5-6-13)8-10-1-2-10/h10-13H,1-9,14H2. The van der Waals surface area contributed by atoms with E-state index in [0.29, 0.717) is 6.04 Å². The fourth-order valence-electron chi connectivity index (χ4n) is 3.06. The van der Waals surface area contributed by atoms with Crippen LogP contribution in [0.15, 0.2) is 0 Å². The molecule has 0 amide bonds. The van der Waals surface area contributed by atoms with Crippen molar-refractivity contribution >= 4 is 0 Å². The summed E-state index contributed by atoms with van der Waals surface area (Å²) in [5.74, 6) is 1.97. The molecule has 0 bridgehead atoms. The van der Waals surface area contributed by atoms with Gasteiger partial charge in [-0.2, -0.15) is 0 Å². The average molecular weight is 208 g/mol. The van der Waals surface area contributed by atoms with Crippen molar-refractivity contribution in [1.29, 1.82) is 0 Å². The summed E-state index contributed by atoms with van der Waals surface area (Å²) >= 11 is 0. The van der Waals surface area contributed by atoms with E-state index in [-0.39, 0.29) is 0 Å². The van der Waals surface area contributed by atoms with Crippen molar-refractivity contribution in [2.75, 3.05) is 13.1 Å². The van der Waals surface area contributed by atoms with Gasteiger partial charge in [-0.15, -0.1) is 0 Å². The molecule has 0 aliphatic heterocycles. The van der Waals surface area contributed by atoms with E-state index in [0.717, 1.165) is 17.9 Å². The van der Waals surface area contributed by atoms with Crippen LogP contribution in [0.5, 0.6) is 0 Å². The Morgan fingerprint density at radius 2 is 1.53 bits per heavy atom. The van der Waals surface area contributed by atoms with Crippen LogP contribution in [0.2, 0.25) is 0 Å². The van der Waals surface area contributed by atoms with Crippen LogP contribution in [0.3, 0.4) is 0 Å². The third-order valence-electron chi connectivity index (χ3n) is 4.33. The molecule has 15 heavy (non-hydrogen) atoms. The first-order valence-electron chi connectivity index (χ1n) is 6.81. The van der Waals surface area contributed by atoms with Crippen LogP contribution >= 0.6 is 0 Å². The minimum atomic E-state index is 0.511. The fraction of sp³-hybridized carbons (Fsp3) is 1.00. The van der Waals surface area contributed by atoms with Crippen molar-refractivity contribution in [2.24, 2.45) is 17.6 Å². The van der Waals surface area contributed by atoms with Crippen molar-refractivity contribution in [2.45, 2.75) is 57.0 Å². The van der Waals surface area contributed by atoms with Gasteiger partial charge in [0.2, 0.25) is 0 Å². The topological polar surface area (TPSA) is 29.3 Å². The van der Waals surface area contributed by atoms with E-state index in [1.807, 2.05) is 0 Å². The highest BCUT2D eigenvalue weighted by Gasteiger charge is 2.35. The molecule has 2 heteroatoms. The first kappa shape index (κ1) is 10.1. The highest BCUT2D eigenvalue weighted by molar-refractivity contribution is 4.90. The lowest BCUT2D eigenvalue weighted by Gasteiger charge is -2.25. The first-order valence-corrected chi connectivity index (χ1v) is 6.81. The Kier molecular flexibility index (Phi) is 2.73. The second kappa shape index (κ2) is 4.06.